The van der Waals surface area contributed by atoms with Crippen LogP contribution in [0.15, 0.2) is 79.0 Å². The van der Waals surface area contributed by atoms with Gasteiger partial charge in [-0.05, 0) is 108 Å². The van der Waals surface area contributed by atoms with Crippen LogP contribution in [-0.2, 0) is 45.9 Å². The van der Waals surface area contributed by atoms with Crippen LogP contribution in [0.4, 0.5) is 68.2 Å². The zero-order chi connectivity index (χ0) is 54.2. The summed E-state index contributed by atoms with van der Waals surface area (Å²) in [6.07, 6.45) is -8.05. The van der Waals surface area contributed by atoms with Crippen LogP contribution in [-0.4, -0.2) is 86.4 Å². The van der Waals surface area contributed by atoms with E-state index < -0.39 is 69.9 Å². The number of pyridine rings is 1. The average molecular weight is 1060 g/mol. The molecule has 0 bridgehead atoms. The molecule has 7 heterocycles. The van der Waals surface area contributed by atoms with Crippen LogP contribution in [0.2, 0.25) is 0 Å². The van der Waals surface area contributed by atoms with Gasteiger partial charge >= 0.3 is 12.4 Å². The number of nitrogens with one attached hydrogen (secondary N) is 3. The van der Waals surface area contributed by atoms with Crippen molar-refractivity contribution in [1.29, 1.82) is 0 Å². The Morgan fingerprint density at radius 2 is 1.29 bits per heavy atom. The van der Waals surface area contributed by atoms with Gasteiger partial charge in [-0.3, -0.25) is 14.5 Å². The maximum Gasteiger partial charge on any atom is 0.419 e. The fraction of sp³-hybridized carbons (Fsp3) is 0.377. The molecular formula is C53H51F9N12O2. The second-order valence-electron chi connectivity index (χ2n) is 20.0. The highest BCUT2D eigenvalue weighted by molar-refractivity contribution is 6.04. The summed E-state index contributed by atoms with van der Waals surface area (Å²) in [5.74, 6) is -3.06. The number of halogens is 9. The number of fused-ring (bicyclic) bond motifs is 4. The second kappa shape index (κ2) is 19.3. The maximum absolute atomic E-state index is 15.5. The number of anilines is 5. The summed E-state index contributed by atoms with van der Waals surface area (Å²) in [7, 11) is 1.88. The third-order valence-electron chi connectivity index (χ3n) is 14.9. The number of carbonyl (C=O) groups is 2. The summed E-state index contributed by atoms with van der Waals surface area (Å²) in [6, 6.07) is 13.3. The summed E-state index contributed by atoms with van der Waals surface area (Å²) in [4.78, 5) is 58.3. The molecule has 10 rings (SSSR count). The maximum atomic E-state index is 15.5. The van der Waals surface area contributed by atoms with Gasteiger partial charge in [0.25, 0.3) is 0 Å². The molecular weight excluding hydrogens is 1010 g/mol. The number of nitrogens with zero attached hydrogens (tertiary/aromatic N) is 9. The molecule has 3 aromatic carbocycles. The van der Waals surface area contributed by atoms with E-state index in [0.29, 0.717) is 48.2 Å². The Bertz CT molecular complexity index is 3290. The topological polar surface area (TPSA) is 148 Å². The lowest BCUT2D eigenvalue weighted by molar-refractivity contribution is -0.140. The smallest absolute Gasteiger partial charge is 0.372 e. The standard InChI is InChI=1S/C53H51F9N12O2/c1-28(65-46-36-23-73(40-13-7-6-12-39(40)54)48(75)50(15-18-71(5)25-50)43(36)67-30(3)69-46)32-20-33(52(57,58)59)22-34(21-32)64-27-72-19-16-51(26-72)44-37(24-74(49(51)76)41-14-9-17-63-45(41)56)47(70-31(4)68-44)66-29(2)35-10-8-11-38(42(35)55)53(60,61)62/h6-14,17,20-22,28-29,64H,15-16,18-19,23-27H2,1-5H3,(H,65,67,69)(H,66,68,70)/t28-,29-,50?,51?/m1/s1. The zero-order valence-corrected chi connectivity index (χ0v) is 41.8. The van der Waals surface area contributed by atoms with E-state index in [9.17, 15) is 35.9 Å². The molecule has 14 nitrogen and oxygen atoms in total. The molecule has 23 heteroatoms. The van der Waals surface area contributed by atoms with Crippen LogP contribution in [0.3, 0.4) is 0 Å². The van der Waals surface area contributed by atoms with E-state index in [1.165, 1.54) is 59.3 Å². The fourth-order valence-electron chi connectivity index (χ4n) is 11.1. The molecule has 3 aromatic heterocycles. The average Bonchev–Trinajstić information content (AvgIpc) is 4.15. The first kappa shape index (κ1) is 52.1. The molecule has 2 amide bonds. The number of amides is 2. The molecule has 4 aliphatic heterocycles. The number of alkyl halides is 6. The van der Waals surface area contributed by atoms with Crippen LogP contribution < -0.4 is 25.8 Å². The van der Waals surface area contributed by atoms with Crippen molar-refractivity contribution in [2.45, 2.75) is 88.9 Å². The van der Waals surface area contributed by atoms with Crippen molar-refractivity contribution in [1.82, 2.24) is 34.7 Å². The van der Waals surface area contributed by atoms with E-state index in [1.807, 2.05) is 11.9 Å². The third kappa shape index (κ3) is 9.29. The molecule has 4 aliphatic rings. The van der Waals surface area contributed by atoms with Crippen LogP contribution in [0.25, 0.3) is 0 Å². The Labute approximate surface area is 430 Å². The largest absolute Gasteiger partial charge is 0.419 e. The third-order valence-corrected chi connectivity index (χ3v) is 14.9. The predicted molar refractivity (Wildman–Crippen MR) is 264 cm³/mol. The Morgan fingerprint density at radius 1 is 0.684 bits per heavy atom. The van der Waals surface area contributed by atoms with Crippen LogP contribution in [0, 0.1) is 31.4 Å². The van der Waals surface area contributed by atoms with E-state index >= 15 is 13.2 Å². The van der Waals surface area contributed by atoms with Gasteiger partial charge in [-0.15, -0.1) is 0 Å². The van der Waals surface area contributed by atoms with E-state index in [2.05, 4.69) is 25.9 Å². The summed E-state index contributed by atoms with van der Waals surface area (Å²) in [6.45, 7) is 6.85. The number of para-hydroxylation sites is 1. The summed E-state index contributed by atoms with van der Waals surface area (Å²) >= 11 is 0. The van der Waals surface area contributed by atoms with Crippen molar-refractivity contribution in [2.75, 3.05) is 65.6 Å². The van der Waals surface area contributed by atoms with Gasteiger partial charge in [0.15, 0.2) is 0 Å². The number of likely N-dealkylation sites (tertiary alicyclic amines) is 2. The van der Waals surface area contributed by atoms with Crippen molar-refractivity contribution < 1.29 is 49.1 Å². The number of aromatic nitrogens is 5. The SMILES string of the molecule is Cc1nc(N[C@H](C)c2cc(NCN3CCC4(C3)C(=O)N(c3cccnc3F)Cc3c(N[C@H](C)c5cccc(C(F)(F)F)c5F)nc(C)nc34)cc(C(F)(F)F)c2)c2c(n1)C1(CCN(C)C1)C(=O)N(c1ccccc1F)C2. The van der Waals surface area contributed by atoms with Gasteiger partial charge in [0.05, 0.1) is 65.7 Å². The molecule has 76 heavy (non-hydrogen) atoms. The first-order valence-corrected chi connectivity index (χ1v) is 24.5. The minimum atomic E-state index is -4.97. The molecule has 2 fully saturated rings. The Morgan fingerprint density at radius 3 is 1.89 bits per heavy atom. The summed E-state index contributed by atoms with van der Waals surface area (Å²) in [5, 5.41) is 9.47. The number of rotatable bonds is 11. The number of benzene rings is 3. The Kier molecular flexibility index (Phi) is 13.2. The lowest BCUT2D eigenvalue weighted by Gasteiger charge is -2.41. The minimum absolute atomic E-state index is 0.0659. The number of carbonyl (C=O) groups excluding carboxylic acids is 2. The molecule has 2 spiro atoms. The van der Waals surface area contributed by atoms with Gasteiger partial charge in [-0.2, -0.15) is 30.7 Å². The van der Waals surface area contributed by atoms with Gasteiger partial charge in [0, 0.05) is 48.2 Å². The van der Waals surface area contributed by atoms with Crippen molar-refractivity contribution in [2.24, 2.45) is 0 Å². The highest BCUT2D eigenvalue weighted by Crippen LogP contribution is 2.47. The van der Waals surface area contributed by atoms with Gasteiger partial charge in [0.1, 0.15) is 45.7 Å². The van der Waals surface area contributed by atoms with Gasteiger partial charge < -0.3 is 30.7 Å². The molecule has 2 unspecified atom stereocenters. The molecule has 0 radical (unpaired) electrons. The van der Waals surface area contributed by atoms with Crippen molar-refractivity contribution in [3.63, 3.8) is 0 Å². The highest BCUT2D eigenvalue weighted by atomic mass is 19.4. The first-order valence-electron chi connectivity index (χ1n) is 24.5. The van der Waals surface area contributed by atoms with Gasteiger partial charge in [-0.1, -0.05) is 24.3 Å². The quantitative estimate of drug-likeness (QED) is 0.0839. The summed E-state index contributed by atoms with van der Waals surface area (Å²) in [5.41, 5.74) is -3.63. The molecule has 3 N–H and O–H groups in total. The summed E-state index contributed by atoms with van der Waals surface area (Å²) < 4.78 is 132. The molecule has 4 atom stereocenters. The van der Waals surface area contributed by atoms with Crippen molar-refractivity contribution in [3.8, 4) is 0 Å². The Hall–Kier alpha value is -7.40. The van der Waals surface area contributed by atoms with Crippen LogP contribution in [0.5, 0.6) is 0 Å². The number of hydrogen-bond donors (Lipinski definition) is 3. The number of likely N-dealkylation sites (N-methyl/N-ethyl adjacent to an activating group) is 1. The predicted octanol–water partition coefficient (Wildman–Crippen LogP) is 9.76. The number of aryl methyl sites for hydroxylation is 2. The van der Waals surface area contributed by atoms with Gasteiger partial charge in [-0.25, -0.2) is 33.7 Å². The van der Waals surface area contributed by atoms with Crippen molar-refractivity contribution in [3.05, 3.63) is 153 Å². The normalized spacial score (nSPS) is 20.8. The van der Waals surface area contributed by atoms with E-state index in [4.69, 9.17) is 15.0 Å². The van der Waals surface area contributed by atoms with Crippen LogP contribution in [0.1, 0.15) is 95.2 Å². The lowest BCUT2D eigenvalue weighted by atomic mass is 9.76. The first-order chi connectivity index (χ1) is 36.0. The molecule has 2 saturated heterocycles. The molecule has 6 aromatic rings. The van der Waals surface area contributed by atoms with Crippen LogP contribution >= 0.6 is 0 Å². The Balaban J connectivity index is 0.950. The zero-order valence-electron chi connectivity index (χ0n) is 41.8. The van der Waals surface area contributed by atoms with Gasteiger partial charge in [0.2, 0.25) is 17.8 Å². The van der Waals surface area contributed by atoms with Crippen molar-refractivity contribution >= 4 is 40.5 Å². The van der Waals surface area contributed by atoms with E-state index in [0.717, 1.165) is 18.2 Å². The minimum Gasteiger partial charge on any atom is -0.372 e. The monoisotopic (exact) mass is 1060 g/mol. The molecule has 0 aliphatic carbocycles. The molecule has 398 valence electrons. The number of hydrogen-bond acceptors (Lipinski definition) is 12. The van der Waals surface area contributed by atoms with E-state index in [-0.39, 0.29) is 96.5 Å². The lowest BCUT2D eigenvalue weighted by Crippen LogP contribution is -2.54. The van der Waals surface area contributed by atoms with E-state index in [1.54, 1.807) is 37.8 Å². The molecule has 0 saturated carbocycles. The fourth-order valence-corrected chi connectivity index (χ4v) is 11.1. The second-order valence-corrected chi connectivity index (χ2v) is 20.0. The highest BCUT2D eigenvalue weighted by Gasteiger charge is 2.56.